The molecule has 2 aromatic carbocycles. The maximum atomic E-state index is 12.2. The Morgan fingerprint density at radius 3 is 2.52 bits per heavy atom. The fourth-order valence-corrected chi connectivity index (χ4v) is 2.26. The second kappa shape index (κ2) is 8.39. The first-order valence-electron chi connectivity index (χ1n) is 7.51. The summed E-state index contributed by atoms with van der Waals surface area (Å²) in [6, 6.07) is 11.0. The Hall–Kier alpha value is -2.73. The molecule has 0 heterocycles. The monoisotopic (exact) mass is 363 g/mol. The molecule has 0 fully saturated rings. The lowest BCUT2D eigenvalue weighted by atomic mass is 10.1. The van der Waals surface area contributed by atoms with Gasteiger partial charge in [0.15, 0.2) is 6.10 Å². The minimum absolute atomic E-state index is 0.00160. The highest BCUT2D eigenvalue weighted by atomic mass is 35.5. The third kappa shape index (κ3) is 5.39. The van der Waals surface area contributed by atoms with E-state index in [4.69, 9.17) is 21.1 Å². The van der Waals surface area contributed by atoms with Gasteiger partial charge in [0.05, 0.1) is 19.2 Å². The molecule has 0 spiro atoms. The predicted octanol–water partition coefficient (Wildman–Crippen LogP) is 3.17. The Morgan fingerprint density at radius 2 is 1.88 bits per heavy atom. The molecule has 0 bridgehead atoms. The number of hydrogen-bond acceptors (Lipinski definition) is 5. The average Bonchev–Trinajstić information content (AvgIpc) is 2.57. The van der Waals surface area contributed by atoms with E-state index in [1.807, 2.05) is 0 Å². The Balaban J connectivity index is 1.94. The number of phenols is 1. The number of ether oxygens (including phenoxy) is 2. The average molecular weight is 364 g/mol. The molecule has 0 aliphatic heterocycles. The lowest BCUT2D eigenvalue weighted by Gasteiger charge is -2.15. The summed E-state index contributed by atoms with van der Waals surface area (Å²) >= 11 is 5.91. The zero-order valence-electron chi connectivity index (χ0n) is 13.8. The van der Waals surface area contributed by atoms with E-state index in [0.29, 0.717) is 22.0 Å². The van der Waals surface area contributed by atoms with Crippen molar-refractivity contribution in [2.24, 2.45) is 0 Å². The molecular weight excluding hydrogens is 346 g/mol. The lowest BCUT2D eigenvalue weighted by Crippen LogP contribution is -2.30. The summed E-state index contributed by atoms with van der Waals surface area (Å²) in [5, 5.41) is 12.3. The van der Waals surface area contributed by atoms with Gasteiger partial charge in [-0.05, 0) is 42.8 Å². The molecule has 0 aliphatic carbocycles. The molecule has 2 N–H and O–H groups in total. The first-order valence-corrected chi connectivity index (χ1v) is 7.88. The molecule has 2 rings (SSSR count). The molecule has 6 nitrogen and oxygen atoms in total. The molecule has 0 saturated heterocycles. The van der Waals surface area contributed by atoms with Gasteiger partial charge in [0.1, 0.15) is 11.5 Å². The molecule has 0 unspecified atom stereocenters. The van der Waals surface area contributed by atoms with Crippen LogP contribution in [0.1, 0.15) is 12.5 Å². The van der Waals surface area contributed by atoms with E-state index < -0.39 is 18.0 Å². The number of aromatic hydroxyl groups is 1. The van der Waals surface area contributed by atoms with Crippen LogP contribution in [0.4, 0.5) is 5.69 Å². The summed E-state index contributed by atoms with van der Waals surface area (Å²) in [5.74, 6) is -0.494. The van der Waals surface area contributed by atoms with Crippen molar-refractivity contribution in [3.63, 3.8) is 0 Å². The van der Waals surface area contributed by atoms with Gasteiger partial charge in [0.25, 0.3) is 5.91 Å². The van der Waals surface area contributed by atoms with Crippen LogP contribution in [0.5, 0.6) is 11.5 Å². The third-order valence-electron chi connectivity index (χ3n) is 3.38. The van der Waals surface area contributed by atoms with Crippen LogP contribution in [0.15, 0.2) is 42.5 Å². The Bertz CT molecular complexity index is 761. The quantitative estimate of drug-likeness (QED) is 0.770. The van der Waals surface area contributed by atoms with Gasteiger partial charge in [-0.3, -0.25) is 9.59 Å². The lowest BCUT2D eigenvalue weighted by molar-refractivity contribution is -0.152. The molecule has 1 amide bonds. The van der Waals surface area contributed by atoms with Crippen molar-refractivity contribution in [1.29, 1.82) is 0 Å². The van der Waals surface area contributed by atoms with Crippen molar-refractivity contribution >= 4 is 29.2 Å². The van der Waals surface area contributed by atoms with E-state index in [1.54, 1.807) is 30.3 Å². The van der Waals surface area contributed by atoms with Crippen LogP contribution < -0.4 is 10.1 Å². The largest absolute Gasteiger partial charge is 0.508 e. The van der Waals surface area contributed by atoms with E-state index in [2.05, 4.69) is 5.32 Å². The van der Waals surface area contributed by atoms with Crippen LogP contribution in [-0.4, -0.2) is 30.2 Å². The summed E-state index contributed by atoms with van der Waals surface area (Å²) in [7, 11) is 1.47. The number of benzene rings is 2. The van der Waals surface area contributed by atoms with Gasteiger partial charge in [-0.1, -0.05) is 23.7 Å². The van der Waals surface area contributed by atoms with Gasteiger partial charge >= 0.3 is 5.97 Å². The van der Waals surface area contributed by atoms with Crippen LogP contribution in [-0.2, 0) is 20.7 Å². The second-order valence-electron chi connectivity index (χ2n) is 5.31. The number of anilines is 1. The normalized spacial score (nSPS) is 11.5. The fourth-order valence-electron chi connectivity index (χ4n) is 2.09. The number of hydrogen-bond donors (Lipinski definition) is 2. The number of phenolic OH excluding ortho intramolecular Hbond substituents is 1. The molecule has 25 heavy (non-hydrogen) atoms. The van der Waals surface area contributed by atoms with Gasteiger partial charge in [-0.15, -0.1) is 0 Å². The highest BCUT2D eigenvalue weighted by Gasteiger charge is 2.19. The number of methoxy groups -OCH3 is 1. The van der Waals surface area contributed by atoms with Crippen LogP contribution >= 0.6 is 11.6 Å². The molecule has 2 aromatic rings. The number of nitrogens with one attached hydrogen (secondary N) is 1. The minimum Gasteiger partial charge on any atom is -0.508 e. The second-order valence-corrected chi connectivity index (χ2v) is 5.75. The van der Waals surface area contributed by atoms with E-state index in [0.717, 1.165) is 0 Å². The van der Waals surface area contributed by atoms with E-state index >= 15 is 0 Å². The van der Waals surface area contributed by atoms with E-state index in [1.165, 1.54) is 26.2 Å². The summed E-state index contributed by atoms with van der Waals surface area (Å²) < 4.78 is 10.3. The standard InChI is InChI=1S/C18H18ClNO5/c1-11(25-17(22)9-12-3-6-14(21)7-4-12)18(23)20-15-10-13(19)5-8-16(15)24-2/h3-8,10-11,21H,9H2,1-2H3,(H,20,23)/t11-/m1/s1. The maximum absolute atomic E-state index is 12.2. The van der Waals surface area contributed by atoms with Gasteiger partial charge in [0, 0.05) is 5.02 Å². The van der Waals surface area contributed by atoms with Crippen molar-refractivity contribution in [2.45, 2.75) is 19.4 Å². The van der Waals surface area contributed by atoms with Crippen LogP contribution in [0.3, 0.4) is 0 Å². The van der Waals surface area contributed by atoms with Gasteiger partial charge in [0.2, 0.25) is 0 Å². The maximum Gasteiger partial charge on any atom is 0.311 e. The fraction of sp³-hybridized carbons (Fsp3) is 0.222. The first kappa shape index (κ1) is 18.6. The predicted molar refractivity (Wildman–Crippen MR) is 94.0 cm³/mol. The highest BCUT2D eigenvalue weighted by molar-refractivity contribution is 6.31. The molecule has 0 saturated carbocycles. The molecule has 7 heteroatoms. The van der Waals surface area contributed by atoms with E-state index in [9.17, 15) is 14.7 Å². The topological polar surface area (TPSA) is 84.9 Å². The van der Waals surface area contributed by atoms with Crippen molar-refractivity contribution < 1.29 is 24.2 Å². The molecule has 0 aromatic heterocycles. The van der Waals surface area contributed by atoms with Crippen molar-refractivity contribution in [3.8, 4) is 11.5 Å². The minimum atomic E-state index is -0.992. The number of esters is 1. The van der Waals surface area contributed by atoms with Gasteiger partial charge in [-0.25, -0.2) is 0 Å². The highest BCUT2D eigenvalue weighted by Crippen LogP contribution is 2.27. The molecule has 132 valence electrons. The smallest absolute Gasteiger partial charge is 0.311 e. The molecule has 0 aliphatic rings. The van der Waals surface area contributed by atoms with Crippen molar-refractivity contribution in [3.05, 3.63) is 53.1 Å². The van der Waals surface area contributed by atoms with Crippen molar-refractivity contribution in [2.75, 3.05) is 12.4 Å². The van der Waals surface area contributed by atoms with Crippen LogP contribution in [0.25, 0.3) is 0 Å². The number of halogens is 1. The first-order chi connectivity index (χ1) is 11.9. The summed E-state index contributed by atoms with van der Waals surface area (Å²) in [6.45, 7) is 1.47. The Morgan fingerprint density at radius 1 is 1.20 bits per heavy atom. The SMILES string of the molecule is COc1ccc(Cl)cc1NC(=O)[C@@H](C)OC(=O)Cc1ccc(O)cc1. The van der Waals surface area contributed by atoms with E-state index in [-0.39, 0.29) is 12.2 Å². The molecular formula is C18H18ClNO5. The van der Waals surface area contributed by atoms with Crippen molar-refractivity contribution in [1.82, 2.24) is 0 Å². The van der Waals surface area contributed by atoms with Crippen LogP contribution in [0.2, 0.25) is 5.02 Å². The molecule has 0 radical (unpaired) electrons. The zero-order valence-corrected chi connectivity index (χ0v) is 14.5. The number of rotatable bonds is 6. The van der Waals surface area contributed by atoms with Gasteiger partial charge < -0.3 is 19.9 Å². The van der Waals surface area contributed by atoms with Crippen LogP contribution in [0, 0.1) is 0 Å². The Labute approximate surface area is 150 Å². The zero-order chi connectivity index (χ0) is 18.4. The van der Waals surface area contributed by atoms with Gasteiger partial charge in [-0.2, -0.15) is 0 Å². The number of amides is 1. The molecule has 1 atom stereocenters. The summed E-state index contributed by atoms with van der Waals surface area (Å²) in [6.07, 6.45) is -0.994. The Kier molecular flexibility index (Phi) is 6.25. The number of carbonyl (C=O) groups is 2. The summed E-state index contributed by atoms with van der Waals surface area (Å²) in [5.41, 5.74) is 1.06. The number of carbonyl (C=O) groups excluding carboxylic acids is 2. The summed E-state index contributed by atoms with van der Waals surface area (Å²) in [4.78, 5) is 24.1. The third-order valence-corrected chi connectivity index (χ3v) is 3.62.